The summed E-state index contributed by atoms with van der Waals surface area (Å²) < 4.78 is 3.19. The number of aromatic nitrogens is 3. The van der Waals surface area contributed by atoms with Gasteiger partial charge in [-0.05, 0) is 47.4 Å². The molecule has 6 heteroatoms. The van der Waals surface area contributed by atoms with Gasteiger partial charge in [-0.15, -0.1) is 11.3 Å². The average Bonchev–Trinajstić information content (AvgIpc) is 3.04. The van der Waals surface area contributed by atoms with Crippen molar-refractivity contribution in [2.24, 2.45) is 0 Å². The van der Waals surface area contributed by atoms with E-state index in [4.69, 9.17) is 0 Å². The Morgan fingerprint density at radius 2 is 2.20 bits per heavy atom. The summed E-state index contributed by atoms with van der Waals surface area (Å²) in [5.41, 5.74) is 0. The Morgan fingerprint density at radius 1 is 1.35 bits per heavy atom. The molecule has 0 amide bonds. The summed E-state index contributed by atoms with van der Waals surface area (Å²) in [6, 6.07) is 4.60. The van der Waals surface area contributed by atoms with Crippen molar-refractivity contribution in [3.63, 3.8) is 0 Å². The summed E-state index contributed by atoms with van der Waals surface area (Å²) >= 11 is 5.33. The van der Waals surface area contributed by atoms with Crippen molar-refractivity contribution in [2.75, 3.05) is 6.54 Å². The van der Waals surface area contributed by atoms with Gasteiger partial charge in [0.25, 0.3) is 0 Å². The van der Waals surface area contributed by atoms with E-state index in [-0.39, 0.29) is 0 Å². The van der Waals surface area contributed by atoms with Gasteiger partial charge in [0, 0.05) is 23.9 Å². The van der Waals surface area contributed by atoms with Crippen LogP contribution in [0.4, 0.5) is 0 Å². The van der Waals surface area contributed by atoms with Crippen LogP contribution in [0.3, 0.4) is 0 Å². The van der Waals surface area contributed by atoms with Crippen molar-refractivity contribution < 1.29 is 0 Å². The highest BCUT2D eigenvalue weighted by atomic mass is 79.9. The van der Waals surface area contributed by atoms with E-state index in [2.05, 4.69) is 57.3 Å². The van der Waals surface area contributed by atoms with E-state index < -0.39 is 0 Å². The highest BCUT2D eigenvalue weighted by molar-refractivity contribution is 9.11. The molecule has 0 radical (unpaired) electrons. The minimum absolute atomic E-state index is 0.311. The number of thiophene rings is 1. The van der Waals surface area contributed by atoms with Gasteiger partial charge in [-0.25, -0.2) is 4.98 Å². The monoisotopic (exact) mass is 356 g/mol. The molecule has 0 bridgehead atoms. The van der Waals surface area contributed by atoms with Crippen molar-refractivity contribution >= 4 is 27.3 Å². The van der Waals surface area contributed by atoms with E-state index in [1.807, 2.05) is 4.68 Å². The Morgan fingerprint density at radius 3 is 2.85 bits per heavy atom. The molecule has 20 heavy (non-hydrogen) atoms. The summed E-state index contributed by atoms with van der Waals surface area (Å²) in [7, 11) is 0. The van der Waals surface area contributed by atoms with Crippen molar-refractivity contribution in [1.82, 2.24) is 20.1 Å². The third-order valence-electron chi connectivity index (χ3n) is 3.10. The fourth-order valence-corrected chi connectivity index (χ4v) is 3.63. The van der Waals surface area contributed by atoms with Crippen LogP contribution in [-0.4, -0.2) is 21.3 Å². The normalized spacial score (nSPS) is 12.8. The van der Waals surface area contributed by atoms with E-state index >= 15 is 0 Å². The Bertz CT molecular complexity index is 523. The molecule has 0 saturated carbocycles. The molecule has 2 aromatic heterocycles. The third-order valence-corrected chi connectivity index (χ3v) is 4.83. The lowest BCUT2D eigenvalue weighted by atomic mass is 10.1. The molecule has 2 aromatic rings. The number of rotatable bonds is 8. The lowest BCUT2D eigenvalue weighted by molar-refractivity contribution is 0.493. The van der Waals surface area contributed by atoms with Crippen LogP contribution in [-0.2, 0) is 13.0 Å². The number of halogens is 1. The van der Waals surface area contributed by atoms with Crippen LogP contribution < -0.4 is 5.32 Å². The van der Waals surface area contributed by atoms with Gasteiger partial charge in [-0.2, -0.15) is 5.10 Å². The van der Waals surface area contributed by atoms with Crippen LogP contribution in [0.25, 0.3) is 0 Å². The first-order chi connectivity index (χ1) is 9.74. The van der Waals surface area contributed by atoms with E-state index in [9.17, 15) is 0 Å². The zero-order valence-corrected chi connectivity index (χ0v) is 14.4. The smallest absolute Gasteiger partial charge is 0.138 e. The van der Waals surface area contributed by atoms with Crippen LogP contribution >= 0.6 is 27.3 Å². The summed E-state index contributed by atoms with van der Waals surface area (Å²) in [4.78, 5) is 5.76. The van der Waals surface area contributed by atoms with Gasteiger partial charge >= 0.3 is 0 Å². The molecule has 1 atom stereocenters. The molecular formula is C14H21BrN4S. The van der Waals surface area contributed by atoms with E-state index in [1.54, 1.807) is 17.7 Å². The first-order valence-electron chi connectivity index (χ1n) is 7.09. The van der Waals surface area contributed by atoms with Crippen LogP contribution in [0.5, 0.6) is 0 Å². The maximum absolute atomic E-state index is 4.42. The molecule has 0 fully saturated rings. The van der Waals surface area contributed by atoms with Crippen LogP contribution in [0.15, 0.2) is 22.2 Å². The zero-order valence-electron chi connectivity index (χ0n) is 12.0. The number of aryl methyl sites for hydroxylation is 1. The van der Waals surface area contributed by atoms with Crippen LogP contribution in [0.1, 0.15) is 43.4 Å². The highest BCUT2D eigenvalue weighted by Crippen LogP contribution is 2.29. The molecule has 0 aliphatic carbocycles. The quantitative estimate of drug-likeness (QED) is 0.782. The fraction of sp³-hybridized carbons (Fsp3) is 0.571. The molecule has 0 aromatic carbocycles. The molecule has 1 N–H and O–H groups in total. The molecule has 0 aliphatic rings. The van der Waals surface area contributed by atoms with E-state index in [0.717, 1.165) is 38.2 Å². The molecule has 110 valence electrons. The summed E-state index contributed by atoms with van der Waals surface area (Å²) in [6.07, 6.45) is 4.75. The number of hydrogen-bond donors (Lipinski definition) is 1. The van der Waals surface area contributed by atoms with Crippen LogP contribution in [0.2, 0.25) is 0 Å². The summed E-state index contributed by atoms with van der Waals surface area (Å²) in [5.74, 6) is 1.06. The Balaban J connectivity index is 2.12. The standard InChI is InChI=1S/C14H21BrN4S/c1-3-7-16-11(12-5-6-13(15)20-12)9-14-17-10-18-19(14)8-4-2/h5-6,10-11,16H,3-4,7-9H2,1-2H3. The zero-order chi connectivity index (χ0) is 14.4. The molecule has 4 nitrogen and oxygen atoms in total. The number of hydrogen-bond acceptors (Lipinski definition) is 4. The van der Waals surface area contributed by atoms with Crippen LogP contribution in [0, 0.1) is 0 Å². The van der Waals surface area contributed by atoms with Gasteiger partial charge in [-0.1, -0.05) is 13.8 Å². The lowest BCUT2D eigenvalue weighted by Crippen LogP contribution is -2.24. The predicted octanol–water partition coefficient (Wildman–Crippen LogP) is 3.80. The molecule has 0 saturated heterocycles. The summed E-state index contributed by atoms with van der Waals surface area (Å²) in [5, 5.41) is 7.93. The van der Waals surface area contributed by atoms with Gasteiger partial charge < -0.3 is 5.32 Å². The fourth-order valence-electron chi connectivity index (χ4n) is 2.13. The molecular weight excluding hydrogens is 336 g/mol. The molecule has 1 unspecified atom stereocenters. The molecule has 0 aliphatic heterocycles. The van der Waals surface area contributed by atoms with Gasteiger partial charge in [-0.3, -0.25) is 4.68 Å². The minimum Gasteiger partial charge on any atom is -0.309 e. The Hall–Kier alpha value is -0.720. The van der Waals surface area contributed by atoms with Crippen molar-refractivity contribution in [3.05, 3.63) is 32.9 Å². The maximum atomic E-state index is 4.42. The van der Waals surface area contributed by atoms with Gasteiger partial charge in [0.15, 0.2) is 0 Å². The average molecular weight is 357 g/mol. The SMILES string of the molecule is CCCNC(Cc1ncnn1CCC)c1ccc(Br)s1. The predicted molar refractivity (Wildman–Crippen MR) is 87.1 cm³/mol. The second-order valence-electron chi connectivity index (χ2n) is 4.75. The van der Waals surface area contributed by atoms with E-state index in [1.165, 1.54) is 8.66 Å². The van der Waals surface area contributed by atoms with E-state index in [0.29, 0.717) is 6.04 Å². The maximum Gasteiger partial charge on any atom is 0.138 e. The van der Waals surface area contributed by atoms with Gasteiger partial charge in [0.05, 0.1) is 3.79 Å². The van der Waals surface area contributed by atoms with Crippen molar-refractivity contribution in [2.45, 2.75) is 45.7 Å². The second-order valence-corrected chi connectivity index (χ2v) is 7.25. The first-order valence-corrected chi connectivity index (χ1v) is 8.70. The van der Waals surface area contributed by atoms with Crippen molar-refractivity contribution in [3.8, 4) is 0 Å². The molecule has 0 spiro atoms. The third kappa shape index (κ3) is 4.14. The topological polar surface area (TPSA) is 42.7 Å². The number of nitrogens with zero attached hydrogens (tertiary/aromatic N) is 3. The first kappa shape index (κ1) is 15.7. The number of nitrogens with one attached hydrogen (secondary N) is 1. The van der Waals surface area contributed by atoms with Crippen molar-refractivity contribution in [1.29, 1.82) is 0 Å². The Labute approximate surface area is 132 Å². The van der Waals surface area contributed by atoms with Gasteiger partial charge in [0.1, 0.15) is 12.2 Å². The lowest BCUT2D eigenvalue weighted by Gasteiger charge is -2.17. The Kier molecular flexibility index (Phi) is 6.19. The second kappa shape index (κ2) is 7.90. The minimum atomic E-state index is 0.311. The molecule has 2 heterocycles. The highest BCUT2D eigenvalue weighted by Gasteiger charge is 2.17. The van der Waals surface area contributed by atoms with Gasteiger partial charge in [0.2, 0.25) is 0 Å². The molecule has 2 rings (SSSR count). The summed E-state index contributed by atoms with van der Waals surface area (Å²) in [6.45, 7) is 6.30. The largest absolute Gasteiger partial charge is 0.309 e.